The summed E-state index contributed by atoms with van der Waals surface area (Å²) in [5.41, 5.74) is 0.780. The van der Waals surface area contributed by atoms with Crippen LogP contribution in [0, 0.1) is 0 Å². The summed E-state index contributed by atoms with van der Waals surface area (Å²) in [5, 5.41) is 1.22. The molecule has 0 fully saturated rings. The molecule has 27 heavy (non-hydrogen) atoms. The highest BCUT2D eigenvalue weighted by Gasteiger charge is 2.42. The van der Waals surface area contributed by atoms with Gasteiger partial charge in [0, 0.05) is 16.1 Å². The number of hydroxylamine groups is 2. The van der Waals surface area contributed by atoms with E-state index in [9.17, 15) is 14.4 Å². The van der Waals surface area contributed by atoms with E-state index in [1.165, 1.54) is 31.8 Å². The highest BCUT2D eigenvalue weighted by atomic mass is 35.5. The molecule has 2 atom stereocenters. The second-order valence-corrected chi connectivity index (χ2v) is 7.46. The number of halogens is 1. The van der Waals surface area contributed by atoms with Crippen LogP contribution in [0.5, 0.6) is 0 Å². The Morgan fingerprint density at radius 1 is 1.48 bits per heavy atom. The lowest BCUT2D eigenvalue weighted by Crippen LogP contribution is -2.48. The first kappa shape index (κ1) is 19.8. The first-order valence-corrected chi connectivity index (χ1v) is 9.47. The van der Waals surface area contributed by atoms with E-state index in [0.29, 0.717) is 6.19 Å². The Labute approximate surface area is 166 Å². The van der Waals surface area contributed by atoms with Crippen LogP contribution in [0.1, 0.15) is 29.4 Å². The maximum atomic E-state index is 12.4. The van der Waals surface area contributed by atoms with E-state index in [0.717, 1.165) is 25.6 Å². The van der Waals surface area contributed by atoms with Crippen LogP contribution in [-0.2, 0) is 14.4 Å². The van der Waals surface area contributed by atoms with Gasteiger partial charge in [-0.1, -0.05) is 24.3 Å². The summed E-state index contributed by atoms with van der Waals surface area (Å²) in [7, 11) is 1.32. The number of amides is 1. The molecule has 1 aliphatic rings. The molecule has 1 aromatic carbocycles. The Morgan fingerprint density at radius 2 is 2.22 bits per heavy atom. The van der Waals surface area contributed by atoms with Gasteiger partial charge in [0.05, 0.1) is 18.8 Å². The number of benzene rings is 1. The molecule has 1 aliphatic heterocycles. The summed E-state index contributed by atoms with van der Waals surface area (Å²) in [5.74, 6) is -0.0906. The first-order valence-electron chi connectivity index (χ1n) is 8.28. The number of rotatable bonds is 7. The van der Waals surface area contributed by atoms with Crippen molar-refractivity contribution in [2.24, 2.45) is 0 Å². The number of carbonyl (C=O) groups excluding carboxylic acids is 3. The van der Waals surface area contributed by atoms with Gasteiger partial charge in [0.25, 0.3) is 7.41 Å². The van der Waals surface area contributed by atoms with Gasteiger partial charge >= 0.3 is 5.37 Å². The fourth-order valence-electron chi connectivity index (χ4n) is 3.41. The van der Waals surface area contributed by atoms with Crippen molar-refractivity contribution < 1.29 is 19.2 Å². The van der Waals surface area contributed by atoms with Crippen molar-refractivity contribution in [1.82, 2.24) is 9.87 Å². The minimum atomic E-state index is -0.780. The van der Waals surface area contributed by atoms with Crippen LogP contribution in [-0.4, -0.2) is 47.8 Å². The van der Waals surface area contributed by atoms with Gasteiger partial charge in [-0.25, -0.2) is 0 Å². The van der Waals surface area contributed by atoms with Crippen LogP contribution >= 0.6 is 22.9 Å². The molecule has 1 radical (unpaired) electrons. The quantitative estimate of drug-likeness (QED) is 0.177. The minimum Gasteiger partial charge on any atom is -0.325 e. The third kappa shape index (κ3) is 3.71. The van der Waals surface area contributed by atoms with Crippen LogP contribution in [0.4, 0.5) is 4.79 Å². The highest BCUT2D eigenvalue weighted by Crippen LogP contribution is 2.46. The van der Waals surface area contributed by atoms with Crippen molar-refractivity contribution in [2.75, 3.05) is 13.2 Å². The van der Waals surface area contributed by atoms with Gasteiger partial charge in [-0.05, 0) is 35.5 Å². The van der Waals surface area contributed by atoms with Crippen molar-refractivity contribution in [3.8, 4) is 0 Å². The molecule has 1 aromatic heterocycles. The third-order valence-corrected chi connectivity index (χ3v) is 5.83. The van der Waals surface area contributed by atoms with Crippen LogP contribution in [0.2, 0.25) is 0 Å². The van der Waals surface area contributed by atoms with E-state index >= 15 is 0 Å². The topological polar surface area (TPSA) is 66.9 Å². The standard InChI is InChI=1S/C18H17BClN2O4S/c1-3-8-26-22(18(20)25)13-9-21(19-10-23)16(11(2)24)15-12-6-4-5-7-14(12)27-17(13)15/h3-7,10,13,16H,1,8-9H2,2H3. The van der Waals surface area contributed by atoms with Crippen molar-refractivity contribution >= 4 is 57.8 Å². The van der Waals surface area contributed by atoms with Crippen LogP contribution < -0.4 is 0 Å². The Morgan fingerprint density at radius 3 is 2.85 bits per heavy atom. The Hall–Kier alpha value is -2.00. The maximum Gasteiger partial charge on any atom is 0.340 e. The molecule has 0 aliphatic carbocycles. The van der Waals surface area contributed by atoms with Gasteiger partial charge in [0.1, 0.15) is 11.8 Å². The average molecular weight is 404 g/mol. The molecule has 0 saturated carbocycles. The maximum absolute atomic E-state index is 12.4. The van der Waals surface area contributed by atoms with E-state index in [4.69, 9.17) is 16.4 Å². The summed E-state index contributed by atoms with van der Waals surface area (Å²) in [4.78, 5) is 43.6. The fourth-order valence-corrected chi connectivity index (χ4v) is 4.88. The van der Waals surface area contributed by atoms with E-state index < -0.39 is 17.5 Å². The second-order valence-electron chi connectivity index (χ2n) is 6.05. The van der Waals surface area contributed by atoms with Gasteiger partial charge < -0.3 is 9.61 Å². The molecule has 9 heteroatoms. The summed E-state index contributed by atoms with van der Waals surface area (Å²) >= 11 is 7.26. The highest BCUT2D eigenvalue weighted by molar-refractivity contribution is 7.19. The van der Waals surface area contributed by atoms with Crippen molar-refractivity contribution in [3.63, 3.8) is 0 Å². The Kier molecular flexibility index (Phi) is 6.11. The minimum absolute atomic E-state index is 0.0906. The molecular weight excluding hydrogens is 387 g/mol. The lowest BCUT2D eigenvalue weighted by Gasteiger charge is -2.40. The van der Waals surface area contributed by atoms with Gasteiger partial charge in [0.15, 0.2) is 0 Å². The average Bonchev–Trinajstić information content (AvgIpc) is 3.01. The van der Waals surface area contributed by atoms with Crippen molar-refractivity contribution in [2.45, 2.75) is 19.0 Å². The summed E-state index contributed by atoms with van der Waals surface area (Å²) in [6, 6.07) is 6.52. The number of ketones is 1. The van der Waals surface area contributed by atoms with E-state index in [-0.39, 0.29) is 18.9 Å². The lowest BCUT2D eigenvalue weighted by molar-refractivity contribution is -0.136. The third-order valence-electron chi connectivity index (χ3n) is 4.38. The number of hydrogen-bond donors (Lipinski definition) is 0. The second kappa shape index (κ2) is 8.35. The predicted molar refractivity (Wildman–Crippen MR) is 106 cm³/mol. The number of thiophene rings is 1. The lowest BCUT2D eigenvalue weighted by atomic mass is 9.82. The molecule has 3 rings (SSSR count). The van der Waals surface area contributed by atoms with Gasteiger partial charge in [-0.15, -0.1) is 17.9 Å². The molecule has 0 N–H and O–H groups in total. The van der Waals surface area contributed by atoms with Gasteiger partial charge in [0.2, 0.25) is 0 Å². The monoisotopic (exact) mass is 403 g/mol. The molecule has 0 spiro atoms. The van der Waals surface area contributed by atoms with Crippen molar-refractivity contribution in [3.05, 3.63) is 47.4 Å². The van der Waals surface area contributed by atoms with E-state index in [1.807, 2.05) is 24.3 Å². The summed E-state index contributed by atoms with van der Waals surface area (Å²) in [6.45, 7) is 5.38. The fraction of sp³-hybridized carbons (Fsp3) is 0.278. The molecule has 2 heterocycles. The Bertz CT molecular complexity index is 903. The van der Waals surface area contributed by atoms with E-state index in [1.54, 1.807) is 4.81 Å². The van der Waals surface area contributed by atoms with Gasteiger partial charge in [-0.2, -0.15) is 5.06 Å². The number of Topliss-reactive ketones (excluding diaryl/α,β-unsaturated/α-hetero) is 1. The zero-order valence-electron chi connectivity index (χ0n) is 14.6. The molecule has 0 bridgehead atoms. The molecule has 0 saturated heterocycles. The first-order chi connectivity index (χ1) is 13.0. The molecule has 2 unspecified atom stereocenters. The molecule has 1 amide bonds. The molecule has 139 valence electrons. The van der Waals surface area contributed by atoms with Crippen LogP contribution in [0.3, 0.4) is 0 Å². The number of nitrogens with zero attached hydrogens (tertiary/aromatic N) is 2. The van der Waals surface area contributed by atoms with Crippen molar-refractivity contribution in [1.29, 1.82) is 0 Å². The van der Waals surface area contributed by atoms with Crippen LogP contribution in [0.15, 0.2) is 36.9 Å². The molecule has 6 nitrogen and oxygen atoms in total. The molecular formula is C18H17BClN2O4S. The smallest absolute Gasteiger partial charge is 0.325 e. The SMILES string of the molecule is C=CCON(C(=O)Cl)C1CN([B]C=O)C(C(C)=O)c2c1sc1ccccc21. The summed E-state index contributed by atoms with van der Waals surface area (Å²) < 4.78 is 0.984. The number of carbonyl (C=O) groups is 3. The largest absolute Gasteiger partial charge is 0.340 e. The van der Waals surface area contributed by atoms with Crippen LogP contribution in [0.25, 0.3) is 10.1 Å². The van der Waals surface area contributed by atoms with E-state index in [2.05, 4.69) is 6.58 Å². The number of fused-ring (bicyclic) bond motifs is 3. The zero-order valence-corrected chi connectivity index (χ0v) is 16.2. The predicted octanol–water partition coefficient (Wildman–Crippen LogP) is 3.48. The normalized spacial score (nSPS) is 19.3. The zero-order chi connectivity index (χ0) is 19.6. The number of hydrogen-bond acceptors (Lipinski definition) is 6. The molecule has 2 aromatic rings. The summed E-state index contributed by atoms with van der Waals surface area (Å²) in [6.07, 6.45) is 2.14. The Balaban J connectivity index is 2.20. The van der Waals surface area contributed by atoms with Gasteiger partial charge in [-0.3, -0.25) is 14.4 Å².